The minimum absolute atomic E-state index is 0.106. The van der Waals surface area contributed by atoms with E-state index in [4.69, 9.17) is 0 Å². The van der Waals surface area contributed by atoms with Crippen LogP contribution in [0.4, 0.5) is 14.7 Å². The standard InChI is InChI=1S/C19H25F2N5/c1-4-17-18(5-2)23-24-19(22-17)26-10-8-25(9-11-26)13(3)15-7-6-14(20)12-16(15)21/h6-7,12-13H,4-5,8-11H2,1-3H3. The van der Waals surface area contributed by atoms with Gasteiger partial charge in [0.05, 0.1) is 11.4 Å². The highest BCUT2D eigenvalue weighted by Gasteiger charge is 2.25. The van der Waals surface area contributed by atoms with Crippen LogP contribution in [-0.2, 0) is 12.8 Å². The van der Waals surface area contributed by atoms with Gasteiger partial charge in [-0.2, -0.15) is 5.10 Å². The Morgan fingerprint density at radius 2 is 1.69 bits per heavy atom. The highest BCUT2D eigenvalue weighted by atomic mass is 19.1. The normalized spacial score (nSPS) is 16.7. The fourth-order valence-corrected chi connectivity index (χ4v) is 3.41. The predicted molar refractivity (Wildman–Crippen MR) is 97.1 cm³/mol. The predicted octanol–water partition coefficient (Wildman–Crippen LogP) is 3.16. The van der Waals surface area contributed by atoms with Gasteiger partial charge in [0, 0.05) is 43.9 Å². The van der Waals surface area contributed by atoms with E-state index in [-0.39, 0.29) is 6.04 Å². The second-order valence-electron chi connectivity index (χ2n) is 6.58. The number of hydrogen-bond donors (Lipinski definition) is 0. The molecule has 0 radical (unpaired) electrons. The van der Waals surface area contributed by atoms with Gasteiger partial charge in [-0.1, -0.05) is 19.9 Å². The fraction of sp³-hybridized carbons (Fsp3) is 0.526. The number of hydrogen-bond acceptors (Lipinski definition) is 5. The van der Waals surface area contributed by atoms with Gasteiger partial charge in [0.15, 0.2) is 0 Å². The summed E-state index contributed by atoms with van der Waals surface area (Å²) in [7, 11) is 0. The Bertz CT molecular complexity index is 760. The minimum Gasteiger partial charge on any atom is -0.337 e. The highest BCUT2D eigenvalue weighted by Crippen LogP contribution is 2.25. The summed E-state index contributed by atoms with van der Waals surface area (Å²) in [6.07, 6.45) is 1.67. The van der Waals surface area contributed by atoms with Crippen LogP contribution in [0.2, 0.25) is 0 Å². The van der Waals surface area contributed by atoms with E-state index >= 15 is 0 Å². The molecule has 0 N–H and O–H groups in total. The monoisotopic (exact) mass is 361 g/mol. The molecule has 0 bridgehead atoms. The van der Waals surface area contributed by atoms with Gasteiger partial charge >= 0.3 is 0 Å². The third-order valence-electron chi connectivity index (χ3n) is 5.06. The number of anilines is 1. The van der Waals surface area contributed by atoms with E-state index in [0.29, 0.717) is 11.5 Å². The van der Waals surface area contributed by atoms with Crippen LogP contribution in [0.5, 0.6) is 0 Å². The number of aromatic nitrogens is 3. The summed E-state index contributed by atoms with van der Waals surface area (Å²) >= 11 is 0. The molecule has 1 unspecified atom stereocenters. The molecule has 0 aliphatic carbocycles. The van der Waals surface area contributed by atoms with Crippen molar-refractivity contribution in [2.45, 2.75) is 39.7 Å². The van der Waals surface area contributed by atoms with E-state index in [1.165, 1.54) is 12.1 Å². The molecule has 0 saturated carbocycles. The first kappa shape index (κ1) is 18.6. The average molecular weight is 361 g/mol. The van der Waals surface area contributed by atoms with Crippen molar-refractivity contribution in [3.8, 4) is 0 Å². The van der Waals surface area contributed by atoms with E-state index < -0.39 is 11.6 Å². The summed E-state index contributed by atoms with van der Waals surface area (Å²) in [4.78, 5) is 8.99. The third kappa shape index (κ3) is 3.82. The van der Waals surface area contributed by atoms with Crippen LogP contribution in [-0.4, -0.2) is 46.3 Å². The zero-order valence-corrected chi connectivity index (χ0v) is 15.5. The van der Waals surface area contributed by atoms with Crippen molar-refractivity contribution in [1.82, 2.24) is 20.1 Å². The van der Waals surface area contributed by atoms with Gasteiger partial charge in [-0.3, -0.25) is 4.90 Å². The molecular formula is C19H25F2N5. The van der Waals surface area contributed by atoms with Crippen molar-refractivity contribution in [3.63, 3.8) is 0 Å². The molecule has 1 atom stereocenters. The summed E-state index contributed by atoms with van der Waals surface area (Å²) in [6, 6.07) is 3.69. The Morgan fingerprint density at radius 3 is 2.31 bits per heavy atom. The maximum absolute atomic E-state index is 14.0. The van der Waals surface area contributed by atoms with Crippen LogP contribution >= 0.6 is 0 Å². The lowest BCUT2D eigenvalue weighted by atomic mass is 10.1. The van der Waals surface area contributed by atoms with E-state index in [9.17, 15) is 8.78 Å². The maximum atomic E-state index is 14.0. The Kier molecular flexibility index (Phi) is 5.76. The Balaban J connectivity index is 1.67. The first-order chi connectivity index (χ1) is 12.5. The summed E-state index contributed by atoms with van der Waals surface area (Å²) in [5.74, 6) is -0.371. The smallest absolute Gasteiger partial charge is 0.245 e. The lowest BCUT2D eigenvalue weighted by molar-refractivity contribution is 0.194. The van der Waals surface area contributed by atoms with Gasteiger partial charge in [0.1, 0.15) is 11.6 Å². The van der Waals surface area contributed by atoms with Gasteiger partial charge in [-0.15, -0.1) is 5.10 Å². The van der Waals surface area contributed by atoms with Gasteiger partial charge in [-0.25, -0.2) is 13.8 Å². The second-order valence-corrected chi connectivity index (χ2v) is 6.58. The second kappa shape index (κ2) is 8.03. The molecule has 1 aromatic carbocycles. The van der Waals surface area contributed by atoms with Crippen molar-refractivity contribution in [2.75, 3.05) is 31.1 Å². The number of rotatable bonds is 5. The molecule has 26 heavy (non-hydrogen) atoms. The zero-order valence-electron chi connectivity index (χ0n) is 15.5. The molecule has 0 amide bonds. The summed E-state index contributed by atoms with van der Waals surface area (Å²) in [5, 5.41) is 8.59. The van der Waals surface area contributed by atoms with Crippen LogP contribution < -0.4 is 4.90 Å². The molecule has 1 aromatic heterocycles. The van der Waals surface area contributed by atoms with E-state index in [0.717, 1.165) is 56.5 Å². The third-order valence-corrected chi connectivity index (χ3v) is 5.06. The minimum atomic E-state index is -0.546. The number of nitrogens with zero attached hydrogens (tertiary/aromatic N) is 5. The molecule has 1 fully saturated rings. The van der Waals surface area contributed by atoms with Crippen LogP contribution in [0.1, 0.15) is 43.8 Å². The zero-order chi connectivity index (χ0) is 18.7. The summed E-state index contributed by atoms with van der Waals surface area (Å²) in [6.45, 7) is 9.11. The molecule has 2 aromatic rings. The molecule has 5 nitrogen and oxygen atoms in total. The summed E-state index contributed by atoms with van der Waals surface area (Å²) < 4.78 is 27.2. The van der Waals surface area contributed by atoms with Gasteiger partial charge in [0.25, 0.3) is 0 Å². The Labute approximate surface area is 153 Å². The largest absolute Gasteiger partial charge is 0.337 e. The number of piperazine rings is 1. The molecular weight excluding hydrogens is 336 g/mol. The topological polar surface area (TPSA) is 45.2 Å². The van der Waals surface area contributed by atoms with Crippen molar-refractivity contribution >= 4 is 5.95 Å². The van der Waals surface area contributed by atoms with Crippen LogP contribution in [0, 0.1) is 11.6 Å². The Morgan fingerprint density at radius 1 is 1.00 bits per heavy atom. The molecule has 7 heteroatoms. The quantitative estimate of drug-likeness (QED) is 0.819. The van der Waals surface area contributed by atoms with Crippen molar-refractivity contribution in [1.29, 1.82) is 0 Å². The summed E-state index contributed by atoms with van der Waals surface area (Å²) in [5.41, 5.74) is 2.48. The molecule has 1 saturated heterocycles. The molecule has 3 rings (SSSR count). The Hall–Kier alpha value is -2.15. The van der Waals surface area contributed by atoms with Crippen LogP contribution in [0.3, 0.4) is 0 Å². The van der Waals surface area contributed by atoms with E-state index in [1.54, 1.807) is 0 Å². The van der Waals surface area contributed by atoms with Crippen molar-refractivity contribution in [2.24, 2.45) is 0 Å². The lowest BCUT2D eigenvalue weighted by Gasteiger charge is -2.38. The van der Waals surface area contributed by atoms with E-state index in [1.807, 2.05) is 6.92 Å². The fourth-order valence-electron chi connectivity index (χ4n) is 3.41. The van der Waals surface area contributed by atoms with Crippen molar-refractivity contribution < 1.29 is 8.78 Å². The van der Waals surface area contributed by atoms with Gasteiger partial charge < -0.3 is 4.90 Å². The maximum Gasteiger partial charge on any atom is 0.245 e. The SMILES string of the molecule is CCc1nnc(N2CCN(C(C)c3ccc(F)cc3F)CC2)nc1CC. The van der Waals surface area contributed by atoms with Crippen molar-refractivity contribution in [3.05, 3.63) is 46.8 Å². The van der Waals surface area contributed by atoms with Gasteiger partial charge in [0.2, 0.25) is 5.95 Å². The van der Waals surface area contributed by atoms with Crippen LogP contribution in [0.25, 0.3) is 0 Å². The average Bonchev–Trinajstić information content (AvgIpc) is 2.67. The molecule has 1 aliphatic heterocycles. The molecule has 2 heterocycles. The molecule has 0 spiro atoms. The van der Waals surface area contributed by atoms with Gasteiger partial charge in [-0.05, 0) is 25.8 Å². The highest BCUT2D eigenvalue weighted by molar-refractivity contribution is 5.31. The number of benzene rings is 1. The van der Waals surface area contributed by atoms with E-state index in [2.05, 4.69) is 38.8 Å². The first-order valence-corrected chi connectivity index (χ1v) is 9.19. The first-order valence-electron chi connectivity index (χ1n) is 9.19. The number of halogens is 2. The van der Waals surface area contributed by atoms with Crippen LogP contribution in [0.15, 0.2) is 18.2 Å². The molecule has 1 aliphatic rings. The molecule has 140 valence electrons. The number of aryl methyl sites for hydroxylation is 2. The lowest BCUT2D eigenvalue weighted by Crippen LogP contribution is -2.48.